The van der Waals surface area contributed by atoms with Crippen molar-refractivity contribution >= 4 is 119 Å². The second-order valence-electron chi connectivity index (χ2n) is 16.5. The van der Waals surface area contributed by atoms with E-state index in [1.807, 2.05) is 22.7 Å². The molecule has 10 aromatic carbocycles. The number of hydrogen-bond acceptors (Lipinski definition) is 5. The van der Waals surface area contributed by atoms with Crippen LogP contribution in [-0.2, 0) is 0 Å². The standard InChI is InChI=1S/C60H38N2OS2/c1-3-13-39(14-4-1)41-23-27-43(28-24-41)61(45-31-33-58-51(35-45)49-18-8-11-21-56(49)64-58)47-37-53-48-17-7-10-20-55(48)63-60(53)54(38-47)62(44-29-25-42(26-30-44)40-15-5-2-6-16-40)46-32-34-59-52(36-46)50-19-9-12-22-57(50)65-59/h1-38H. The maximum Gasteiger partial charge on any atom is 0.159 e. The molecule has 0 spiro atoms. The second-order valence-corrected chi connectivity index (χ2v) is 18.7. The molecule has 0 unspecified atom stereocenters. The largest absolute Gasteiger partial charge is 0.454 e. The molecule has 0 amide bonds. The lowest BCUT2D eigenvalue weighted by Gasteiger charge is -2.30. The summed E-state index contributed by atoms with van der Waals surface area (Å²) in [5, 5.41) is 7.14. The zero-order valence-electron chi connectivity index (χ0n) is 35.1. The lowest BCUT2D eigenvalue weighted by atomic mass is 10.0. The molecule has 0 saturated heterocycles. The number of para-hydroxylation sites is 1. The number of anilines is 6. The Kier molecular flexibility index (Phi) is 8.90. The van der Waals surface area contributed by atoms with Gasteiger partial charge in [0, 0.05) is 79.6 Å². The van der Waals surface area contributed by atoms with Crippen LogP contribution in [0.3, 0.4) is 0 Å². The van der Waals surface area contributed by atoms with Gasteiger partial charge in [-0.15, -0.1) is 22.7 Å². The Morgan fingerprint density at radius 3 is 1.26 bits per heavy atom. The predicted molar refractivity (Wildman–Crippen MR) is 280 cm³/mol. The zero-order chi connectivity index (χ0) is 42.8. The van der Waals surface area contributed by atoms with Gasteiger partial charge in [-0.2, -0.15) is 0 Å². The van der Waals surface area contributed by atoms with Gasteiger partial charge >= 0.3 is 0 Å². The maximum atomic E-state index is 6.99. The molecule has 3 heterocycles. The molecule has 0 bridgehead atoms. The fraction of sp³-hybridized carbons (Fsp3) is 0. The van der Waals surface area contributed by atoms with Crippen LogP contribution in [0.25, 0.3) is 84.5 Å². The Hall–Kier alpha value is -7.96. The molecule has 306 valence electrons. The predicted octanol–water partition coefficient (Wildman–Crippen LogP) is 18.6. The highest BCUT2D eigenvalue weighted by Crippen LogP contribution is 2.49. The van der Waals surface area contributed by atoms with E-state index in [2.05, 4.69) is 240 Å². The van der Waals surface area contributed by atoms with Crippen LogP contribution in [0.2, 0.25) is 0 Å². The number of thiophene rings is 2. The van der Waals surface area contributed by atoms with Gasteiger partial charge in [0.1, 0.15) is 5.58 Å². The smallest absolute Gasteiger partial charge is 0.159 e. The highest BCUT2D eigenvalue weighted by Gasteiger charge is 2.25. The minimum Gasteiger partial charge on any atom is -0.454 e. The van der Waals surface area contributed by atoms with Gasteiger partial charge in [0.05, 0.1) is 5.69 Å². The van der Waals surface area contributed by atoms with Gasteiger partial charge in [0.25, 0.3) is 0 Å². The van der Waals surface area contributed by atoms with E-state index in [-0.39, 0.29) is 0 Å². The van der Waals surface area contributed by atoms with E-state index >= 15 is 0 Å². The quantitative estimate of drug-likeness (QED) is 0.152. The second kappa shape index (κ2) is 15.4. The number of furan rings is 1. The third-order valence-corrected chi connectivity index (χ3v) is 14.9. The molecule has 0 aliphatic rings. The van der Waals surface area contributed by atoms with Crippen molar-refractivity contribution in [1.29, 1.82) is 0 Å². The molecule has 0 radical (unpaired) electrons. The number of rotatable bonds is 8. The van der Waals surface area contributed by atoms with Crippen LogP contribution in [0, 0.1) is 0 Å². The molecule has 3 aromatic heterocycles. The van der Waals surface area contributed by atoms with Crippen molar-refractivity contribution in [3.63, 3.8) is 0 Å². The molecule has 0 atom stereocenters. The summed E-state index contributed by atoms with van der Waals surface area (Å²) in [7, 11) is 0. The molecule has 3 nitrogen and oxygen atoms in total. The van der Waals surface area contributed by atoms with Gasteiger partial charge < -0.3 is 14.2 Å². The van der Waals surface area contributed by atoms with Crippen LogP contribution >= 0.6 is 22.7 Å². The monoisotopic (exact) mass is 866 g/mol. The van der Waals surface area contributed by atoms with Gasteiger partial charge in [-0.05, 0) is 113 Å². The highest BCUT2D eigenvalue weighted by atomic mass is 32.1. The summed E-state index contributed by atoms with van der Waals surface area (Å²) in [5.41, 5.74) is 12.6. The Balaban J connectivity index is 1.08. The van der Waals surface area contributed by atoms with Crippen molar-refractivity contribution in [2.45, 2.75) is 0 Å². The Morgan fingerprint density at radius 2 is 0.692 bits per heavy atom. The molecule has 0 N–H and O–H groups in total. The van der Waals surface area contributed by atoms with Crippen molar-refractivity contribution in [3.05, 3.63) is 231 Å². The molecular formula is C60H38N2OS2. The van der Waals surface area contributed by atoms with Crippen LogP contribution in [0.15, 0.2) is 235 Å². The zero-order valence-corrected chi connectivity index (χ0v) is 36.7. The minimum absolute atomic E-state index is 0.830. The van der Waals surface area contributed by atoms with Crippen LogP contribution < -0.4 is 9.80 Å². The summed E-state index contributed by atoms with van der Waals surface area (Å²) in [6.07, 6.45) is 0. The van der Waals surface area contributed by atoms with Crippen molar-refractivity contribution in [3.8, 4) is 22.3 Å². The van der Waals surface area contributed by atoms with Gasteiger partial charge in [-0.25, -0.2) is 0 Å². The number of benzene rings is 10. The van der Waals surface area contributed by atoms with Crippen molar-refractivity contribution in [1.82, 2.24) is 0 Å². The molecule has 0 fully saturated rings. The average molecular weight is 867 g/mol. The van der Waals surface area contributed by atoms with Crippen LogP contribution in [-0.4, -0.2) is 0 Å². The first kappa shape index (κ1) is 37.6. The third-order valence-electron chi connectivity index (χ3n) is 12.6. The fourth-order valence-electron chi connectivity index (χ4n) is 9.54. The average Bonchev–Trinajstić information content (AvgIpc) is 4.06. The Morgan fingerprint density at radius 1 is 0.277 bits per heavy atom. The van der Waals surface area contributed by atoms with Crippen LogP contribution in [0.4, 0.5) is 34.1 Å². The Bertz CT molecular complexity index is 3890. The topological polar surface area (TPSA) is 19.6 Å². The molecule has 0 aliphatic carbocycles. The Labute approximate surface area is 383 Å². The van der Waals surface area contributed by atoms with Crippen molar-refractivity contribution in [2.75, 3.05) is 9.80 Å². The molecule has 13 aromatic rings. The van der Waals surface area contributed by atoms with E-state index in [4.69, 9.17) is 4.42 Å². The summed E-state index contributed by atoms with van der Waals surface area (Å²) < 4.78 is 12.1. The van der Waals surface area contributed by atoms with Crippen LogP contribution in [0.1, 0.15) is 0 Å². The van der Waals surface area contributed by atoms with Gasteiger partial charge in [0.15, 0.2) is 5.58 Å². The fourth-order valence-corrected chi connectivity index (χ4v) is 11.7. The van der Waals surface area contributed by atoms with Crippen molar-refractivity contribution < 1.29 is 4.42 Å². The maximum absolute atomic E-state index is 6.99. The summed E-state index contributed by atoms with van der Waals surface area (Å²) in [6.45, 7) is 0. The summed E-state index contributed by atoms with van der Waals surface area (Å²) >= 11 is 3.68. The van der Waals surface area contributed by atoms with Gasteiger partial charge in [0.2, 0.25) is 0 Å². The van der Waals surface area contributed by atoms with Gasteiger partial charge in [-0.1, -0.05) is 140 Å². The molecular weight excluding hydrogens is 829 g/mol. The molecule has 0 aliphatic heterocycles. The molecule has 13 rings (SSSR count). The minimum atomic E-state index is 0.830. The number of hydrogen-bond donors (Lipinski definition) is 0. The summed E-state index contributed by atoms with van der Waals surface area (Å²) in [5.74, 6) is 0. The van der Waals surface area contributed by atoms with E-state index in [9.17, 15) is 0 Å². The van der Waals surface area contributed by atoms with E-state index in [0.29, 0.717) is 0 Å². The van der Waals surface area contributed by atoms with E-state index < -0.39 is 0 Å². The van der Waals surface area contributed by atoms with E-state index in [0.717, 1.165) is 61.6 Å². The number of nitrogens with zero attached hydrogens (tertiary/aromatic N) is 2. The van der Waals surface area contributed by atoms with E-state index in [1.54, 1.807) is 0 Å². The first-order chi connectivity index (χ1) is 32.2. The third kappa shape index (κ3) is 6.47. The lowest BCUT2D eigenvalue weighted by molar-refractivity contribution is 0.669. The summed E-state index contributed by atoms with van der Waals surface area (Å²) in [6, 6.07) is 83.5. The summed E-state index contributed by atoms with van der Waals surface area (Å²) in [4.78, 5) is 4.80. The SMILES string of the molecule is c1ccc(-c2ccc(N(c3ccc4sc5ccccc5c4c3)c3cc(N(c4ccc(-c5ccccc5)cc4)c4ccc5sc6ccccc6c5c4)c4oc5ccccc5c4c3)cc2)cc1. The normalized spacial score (nSPS) is 11.7. The van der Waals surface area contributed by atoms with Crippen LogP contribution in [0.5, 0.6) is 0 Å². The van der Waals surface area contributed by atoms with E-state index in [1.165, 1.54) is 57.0 Å². The van der Waals surface area contributed by atoms with Gasteiger partial charge in [-0.3, -0.25) is 0 Å². The first-order valence-corrected chi connectivity index (χ1v) is 23.5. The molecule has 5 heteroatoms. The highest BCUT2D eigenvalue weighted by molar-refractivity contribution is 7.26. The first-order valence-electron chi connectivity index (χ1n) is 21.9. The van der Waals surface area contributed by atoms with Crippen molar-refractivity contribution in [2.24, 2.45) is 0 Å². The number of fused-ring (bicyclic) bond motifs is 9. The lowest BCUT2D eigenvalue weighted by Crippen LogP contribution is -2.13. The molecule has 0 saturated carbocycles. The molecule has 65 heavy (non-hydrogen) atoms.